The summed E-state index contributed by atoms with van der Waals surface area (Å²) in [5, 5.41) is 3.25. The van der Waals surface area contributed by atoms with Crippen LogP contribution in [0, 0.1) is 0 Å². The second kappa shape index (κ2) is 7.53. The van der Waals surface area contributed by atoms with Crippen molar-refractivity contribution in [1.29, 1.82) is 0 Å². The van der Waals surface area contributed by atoms with Crippen LogP contribution in [0.5, 0.6) is 0 Å². The van der Waals surface area contributed by atoms with Crippen molar-refractivity contribution in [3.8, 4) is 11.1 Å². The van der Waals surface area contributed by atoms with Crippen molar-refractivity contribution in [3.05, 3.63) is 59.3 Å². The Morgan fingerprint density at radius 3 is 2.69 bits per heavy atom. The number of benzene rings is 1. The molecule has 1 fully saturated rings. The van der Waals surface area contributed by atoms with E-state index >= 15 is 0 Å². The zero-order valence-electron chi connectivity index (χ0n) is 14.7. The van der Waals surface area contributed by atoms with Gasteiger partial charge in [0.05, 0.1) is 18.9 Å². The number of hydrogen-bond acceptors (Lipinski definition) is 5. The lowest BCUT2D eigenvalue weighted by Crippen LogP contribution is -2.44. The first-order valence-corrected chi connectivity index (χ1v) is 9.19. The van der Waals surface area contributed by atoms with Crippen molar-refractivity contribution in [2.24, 2.45) is 0 Å². The normalized spacial score (nSPS) is 16.5. The quantitative estimate of drug-likeness (QED) is 0.617. The summed E-state index contributed by atoms with van der Waals surface area (Å²) in [4.78, 5) is 8.81. The first-order valence-electron chi connectivity index (χ1n) is 8.74. The number of fused-ring (bicyclic) bond motifs is 1. The van der Waals surface area contributed by atoms with E-state index in [1.54, 1.807) is 0 Å². The Morgan fingerprint density at radius 2 is 1.96 bits per heavy atom. The molecular formula is C20H22N4OS. The van der Waals surface area contributed by atoms with Crippen molar-refractivity contribution in [2.75, 3.05) is 26.3 Å². The lowest BCUT2D eigenvalue weighted by Gasteiger charge is -2.29. The van der Waals surface area contributed by atoms with Crippen LogP contribution in [0.3, 0.4) is 0 Å². The molecule has 5 nitrogen and oxygen atoms in total. The van der Waals surface area contributed by atoms with Crippen molar-refractivity contribution in [2.45, 2.75) is 6.92 Å². The number of nitrogens with one attached hydrogen (secondary N) is 2. The molecule has 3 aromatic rings. The molecule has 6 heteroatoms. The standard InChI is InChI=1S/C20H22N4OS/c1-14(26)19(23-24-7-9-25-10-8-24)18-13-22-20-17(18)11-16(12-21-20)15-5-3-2-4-6-15/h2-6,11-13,23,26H,7-10H2,1H3,(H,21,22)/b19-14-. The lowest BCUT2D eigenvalue weighted by molar-refractivity contribution is 0.0230. The molecule has 0 atom stereocenters. The Morgan fingerprint density at radius 1 is 1.19 bits per heavy atom. The maximum absolute atomic E-state index is 5.43. The van der Waals surface area contributed by atoms with Gasteiger partial charge in [0.2, 0.25) is 0 Å². The highest BCUT2D eigenvalue weighted by molar-refractivity contribution is 7.84. The van der Waals surface area contributed by atoms with Gasteiger partial charge in [0.1, 0.15) is 5.65 Å². The monoisotopic (exact) mass is 366 g/mol. The number of hydrogen-bond donors (Lipinski definition) is 3. The molecule has 0 radical (unpaired) electrons. The second-order valence-electron chi connectivity index (χ2n) is 6.36. The van der Waals surface area contributed by atoms with Crippen LogP contribution in [0.25, 0.3) is 27.9 Å². The summed E-state index contributed by atoms with van der Waals surface area (Å²) >= 11 is 4.63. The number of rotatable bonds is 4. The first-order chi connectivity index (χ1) is 12.7. The van der Waals surface area contributed by atoms with Gasteiger partial charge in [0.15, 0.2) is 0 Å². The van der Waals surface area contributed by atoms with Crippen LogP contribution in [0.2, 0.25) is 0 Å². The minimum Gasteiger partial charge on any atom is -0.379 e. The van der Waals surface area contributed by atoms with E-state index in [-0.39, 0.29) is 0 Å². The summed E-state index contributed by atoms with van der Waals surface area (Å²) in [5.74, 6) is 0. The van der Waals surface area contributed by atoms with Crippen molar-refractivity contribution < 1.29 is 4.74 Å². The van der Waals surface area contributed by atoms with E-state index < -0.39 is 0 Å². The predicted octanol–water partition coefficient (Wildman–Crippen LogP) is 3.69. The Balaban J connectivity index is 1.73. The fourth-order valence-electron chi connectivity index (χ4n) is 3.17. The molecule has 2 aromatic heterocycles. The fraction of sp³-hybridized carbons (Fsp3) is 0.250. The van der Waals surface area contributed by atoms with Crippen LogP contribution in [0.15, 0.2) is 53.7 Å². The van der Waals surface area contributed by atoms with E-state index in [1.165, 1.54) is 0 Å². The molecule has 0 bridgehead atoms. The van der Waals surface area contributed by atoms with E-state index in [1.807, 2.05) is 37.5 Å². The van der Waals surface area contributed by atoms with Crippen LogP contribution < -0.4 is 5.43 Å². The number of thiol groups is 1. The molecule has 1 saturated heterocycles. The average molecular weight is 366 g/mol. The van der Waals surface area contributed by atoms with Crippen LogP contribution >= 0.6 is 12.6 Å². The molecule has 3 heterocycles. The van der Waals surface area contributed by atoms with Gasteiger partial charge in [-0.3, -0.25) is 0 Å². The molecule has 0 spiro atoms. The molecular weight excluding hydrogens is 344 g/mol. The van der Waals surface area contributed by atoms with Gasteiger partial charge in [-0.2, -0.15) is 0 Å². The third-order valence-electron chi connectivity index (χ3n) is 4.55. The van der Waals surface area contributed by atoms with Crippen molar-refractivity contribution in [3.63, 3.8) is 0 Å². The smallest absolute Gasteiger partial charge is 0.137 e. The maximum Gasteiger partial charge on any atom is 0.137 e. The van der Waals surface area contributed by atoms with E-state index in [0.717, 1.165) is 64.6 Å². The van der Waals surface area contributed by atoms with E-state index in [0.29, 0.717) is 0 Å². The van der Waals surface area contributed by atoms with Gasteiger partial charge < -0.3 is 15.1 Å². The molecule has 0 unspecified atom stereocenters. The number of morpholine rings is 1. The molecule has 1 aromatic carbocycles. The van der Waals surface area contributed by atoms with E-state index in [2.05, 4.69) is 51.2 Å². The molecule has 4 rings (SSSR count). The first kappa shape index (κ1) is 17.1. The molecule has 0 saturated carbocycles. The van der Waals surface area contributed by atoms with Gasteiger partial charge in [-0.1, -0.05) is 30.3 Å². The zero-order chi connectivity index (χ0) is 17.9. The number of hydrazine groups is 1. The Kier molecular flexibility index (Phi) is 4.97. The van der Waals surface area contributed by atoms with Gasteiger partial charge in [-0.25, -0.2) is 9.99 Å². The SMILES string of the molecule is C/C(S)=C(/NN1CCOCC1)c1c[nH]c2ncc(-c3ccccc3)cc12. The molecule has 26 heavy (non-hydrogen) atoms. The lowest BCUT2D eigenvalue weighted by atomic mass is 10.0. The number of aromatic amines is 1. The molecule has 0 amide bonds. The molecule has 134 valence electrons. The number of allylic oxidation sites excluding steroid dienone is 1. The largest absolute Gasteiger partial charge is 0.379 e. The van der Waals surface area contributed by atoms with Crippen molar-refractivity contribution >= 4 is 29.4 Å². The average Bonchev–Trinajstić information content (AvgIpc) is 3.10. The number of pyridine rings is 1. The Hall–Kier alpha value is -2.28. The number of nitrogens with zero attached hydrogens (tertiary/aromatic N) is 2. The number of ether oxygens (including phenoxy) is 1. The van der Waals surface area contributed by atoms with Crippen LogP contribution in [-0.2, 0) is 4.74 Å². The van der Waals surface area contributed by atoms with Gasteiger partial charge >= 0.3 is 0 Å². The summed E-state index contributed by atoms with van der Waals surface area (Å²) in [6.07, 6.45) is 3.90. The maximum atomic E-state index is 5.43. The zero-order valence-corrected chi connectivity index (χ0v) is 15.6. The summed E-state index contributed by atoms with van der Waals surface area (Å²) in [5.41, 5.74) is 8.71. The predicted molar refractivity (Wildman–Crippen MR) is 109 cm³/mol. The summed E-state index contributed by atoms with van der Waals surface area (Å²) in [6, 6.07) is 12.5. The van der Waals surface area contributed by atoms with E-state index in [9.17, 15) is 0 Å². The van der Waals surface area contributed by atoms with Gasteiger partial charge in [-0.05, 0) is 18.6 Å². The minimum atomic E-state index is 0.736. The second-order valence-corrected chi connectivity index (χ2v) is 7.03. The summed E-state index contributed by atoms with van der Waals surface area (Å²) in [6.45, 7) is 5.17. The number of aromatic nitrogens is 2. The number of H-pyrrole nitrogens is 1. The third kappa shape index (κ3) is 3.49. The van der Waals surface area contributed by atoms with Crippen LogP contribution in [-0.4, -0.2) is 41.3 Å². The van der Waals surface area contributed by atoms with Gasteiger partial charge in [0, 0.05) is 46.9 Å². The van der Waals surface area contributed by atoms with E-state index in [4.69, 9.17) is 4.74 Å². The van der Waals surface area contributed by atoms with Gasteiger partial charge in [-0.15, -0.1) is 12.6 Å². The highest BCUT2D eigenvalue weighted by Gasteiger charge is 2.17. The summed E-state index contributed by atoms with van der Waals surface area (Å²) in [7, 11) is 0. The molecule has 1 aliphatic rings. The Bertz CT molecular complexity index is 925. The molecule has 1 aliphatic heterocycles. The Labute approximate surface area is 158 Å². The minimum absolute atomic E-state index is 0.736. The fourth-order valence-corrected chi connectivity index (χ4v) is 3.34. The highest BCUT2D eigenvalue weighted by atomic mass is 32.1. The molecule has 0 aliphatic carbocycles. The molecule has 2 N–H and O–H groups in total. The topological polar surface area (TPSA) is 53.2 Å². The van der Waals surface area contributed by atoms with Crippen LogP contribution in [0.1, 0.15) is 12.5 Å². The van der Waals surface area contributed by atoms with Crippen molar-refractivity contribution in [1.82, 2.24) is 20.4 Å². The highest BCUT2D eigenvalue weighted by Crippen LogP contribution is 2.29. The van der Waals surface area contributed by atoms with Gasteiger partial charge in [0.25, 0.3) is 0 Å². The summed E-state index contributed by atoms with van der Waals surface area (Å²) < 4.78 is 5.43. The van der Waals surface area contributed by atoms with Crippen LogP contribution in [0.4, 0.5) is 0 Å². The third-order valence-corrected chi connectivity index (χ3v) is 4.77.